The average Bonchev–Trinajstić information content (AvgIpc) is 2.39. The molecule has 0 fully saturated rings. The van der Waals surface area contributed by atoms with Gasteiger partial charge < -0.3 is 4.74 Å². The number of nitrogens with zero attached hydrogens (tertiary/aromatic N) is 1. The maximum atomic E-state index is 13.3. The minimum Gasteiger partial charge on any atom is -0.473 e. The highest BCUT2D eigenvalue weighted by molar-refractivity contribution is 9.08. The first-order valence-electron chi connectivity index (χ1n) is 5.27. The van der Waals surface area contributed by atoms with Crippen molar-refractivity contribution in [3.8, 4) is 5.88 Å². The van der Waals surface area contributed by atoms with Gasteiger partial charge in [-0.2, -0.15) is 0 Å². The molecule has 94 valence electrons. The van der Waals surface area contributed by atoms with Crippen molar-refractivity contribution in [3.63, 3.8) is 0 Å². The lowest BCUT2D eigenvalue weighted by atomic mass is 10.2. The largest absolute Gasteiger partial charge is 0.473 e. The van der Waals surface area contributed by atoms with E-state index in [1.165, 1.54) is 18.2 Å². The van der Waals surface area contributed by atoms with Gasteiger partial charge in [0.2, 0.25) is 5.88 Å². The Morgan fingerprint density at radius 1 is 1.11 bits per heavy atom. The highest BCUT2D eigenvalue weighted by Gasteiger charge is 2.09. The van der Waals surface area contributed by atoms with Crippen LogP contribution in [0.3, 0.4) is 0 Å². The molecule has 18 heavy (non-hydrogen) atoms. The van der Waals surface area contributed by atoms with E-state index >= 15 is 0 Å². The van der Waals surface area contributed by atoms with Crippen LogP contribution in [0.15, 0.2) is 36.5 Å². The Labute approximate surface area is 112 Å². The van der Waals surface area contributed by atoms with Crippen LogP contribution in [0.4, 0.5) is 8.78 Å². The number of pyridine rings is 1. The van der Waals surface area contributed by atoms with Gasteiger partial charge in [-0.05, 0) is 17.7 Å². The lowest BCUT2D eigenvalue weighted by Crippen LogP contribution is -2.02. The Bertz CT molecular complexity index is 511. The highest BCUT2D eigenvalue weighted by Crippen LogP contribution is 2.16. The SMILES string of the molecule is Fc1cccc(F)c1COc1ccc(CBr)cn1. The highest BCUT2D eigenvalue weighted by atomic mass is 79.9. The van der Waals surface area contributed by atoms with Gasteiger partial charge in [0.15, 0.2) is 0 Å². The van der Waals surface area contributed by atoms with Crippen molar-refractivity contribution in [2.24, 2.45) is 0 Å². The van der Waals surface area contributed by atoms with Crippen LogP contribution in [0.25, 0.3) is 0 Å². The summed E-state index contributed by atoms with van der Waals surface area (Å²) in [7, 11) is 0. The molecule has 2 aromatic rings. The standard InChI is InChI=1S/C13H10BrF2NO/c14-6-9-4-5-13(17-7-9)18-8-10-11(15)2-1-3-12(10)16/h1-5,7H,6,8H2. The van der Waals surface area contributed by atoms with Gasteiger partial charge in [0.25, 0.3) is 0 Å². The van der Waals surface area contributed by atoms with Gasteiger partial charge in [0.05, 0.1) is 5.56 Å². The number of hydrogen-bond donors (Lipinski definition) is 0. The van der Waals surface area contributed by atoms with Crippen LogP contribution in [0, 0.1) is 11.6 Å². The molecule has 0 aliphatic rings. The van der Waals surface area contributed by atoms with Crippen molar-refractivity contribution in [2.75, 3.05) is 0 Å². The van der Waals surface area contributed by atoms with E-state index in [2.05, 4.69) is 20.9 Å². The second kappa shape index (κ2) is 5.91. The predicted molar refractivity (Wildman–Crippen MR) is 67.6 cm³/mol. The summed E-state index contributed by atoms with van der Waals surface area (Å²) in [6.07, 6.45) is 1.64. The summed E-state index contributed by atoms with van der Waals surface area (Å²) in [6.45, 7) is -0.181. The molecule has 2 rings (SSSR count). The topological polar surface area (TPSA) is 22.1 Å². The van der Waals surface area contributed by atoms with E-state index in [4.69, 9.17) is 4.74 Å². The van der Waals surface area contributed by atoms with Crippen molar-refractivity contribution < 1.29 is 13.5 Å². The van der Waals surface area contributed by atoms with E-state index in [1.54, 1.807) is 12.3 Å². The first kappa shape index (κ1) is 13.0. The minimum atomic E-state index is -0.618. The molecule has 2 nitrogen and oxygen atoms in total. The Hall–Kier alpha value is -1.49. The van der Waals surface area contributed by atoms with Gasteiger partial charge in [0, 0.05) is 17.6 Å². The third-order valence-electron chi connectivity index (χ3n) is 2.38. The normalized spacial score (nSPS) is 10.4. The fourth-order valence-electron chi connectivity index (χ4n) is 1.39. The summed E-state index contributed by atoms with van der Waals surface area (Å²) in [6, 6.07) is 7.20. The molecule has 0 N–H and O–H groups in total. The van der Waals surface area contributed by atoms with Crippen molar-refractivity contribution in [3.05, 3.63) is 59.3 Å². The van der Waals surface area contributed by atoms with Crippen molar-refractivity contribution in [1.82, 2.24) is 4.98 Å². The van der Waals surface area contributed by atoms with Crippen LogP contribution in [-0.2, 0) is 11.9 Å². The maximum absolute atomic E-state index is 13.3. The number of rotatable bonds is 4. The van der Waals surface area contributed by atoms with Crippen LogP contribution >= 0.6 is 15.9 Å². The predicted octanol–water partition coefficient (Wildman–Crippen LogP) is 3.83. The fraction of sp³-hybridized carbons (Fsp3) is 0.154. The zero-order valence-corrected chi connectivity index (χ0v) is 11.0. The molecule has 1 aromatic heterocycles. The van der Waals surface area contributed by atoms with Gasteiger partial charge in [-0.25, -0.2) is 13.8 Å². The van der Waals surface area contributed by atoms with Crippen molar-refractivity contribution in [2.45, 2.75) is 11.9 Å². The Kier molecular flexibility index (Phi) is 4.25. The number of alkyl halides is 1. The summed E-state index contributed by atoms with van der Waals surface area (Å²) in [5, 5.41) is 0.697. The molecule has 0 saturated carbocycles. The molecule has 5 heteroatoms. The van der Waals surface area contributed by atoms with Crippen molar-refractivity contribution >= 4 is 15.9 Å². The number of hydrogen-bond acceptors (Lipinski definition) is 2. The molecule has 0 amide bonds. The monoisotopic (exact) mass is 313 g/mol. The molecule has 0 saturated heterocycles. The number of ether oxygens (including phenoxy) is 1. The summed E-state index contributed by atoms with van der Waals surface area (Å²) >= 11 is 3.30. The van der Waals surface area contributed by atoms with Gasteiger partial charge in [-0.1, -0.05) is 28.1 Å². The average molecular weight is 314 g/mol. The zero-order valence-electron chi connectivity index (χ0n) is 9.37. The Balaban J connectivity index is 2.06. The van der Waals surface area contributed by atoms with Gasteiger partial charge in [0.1, 0.15) is 18.2 Å². The van der Waals surface area contributed by atoms with E-state index in [9.17, 15) is 8.78 Å². The molecule has 0 aliphatic heterocycles. The Morgan fingerprint density at radius 3 is 2.39 bits per heavy atom. The first-order chi connectivity index (χ1) is 8.70. The van der Waals surface area contributed by atoms with Crippen LogP contribution in [0.1, 0.15) is 11.1 Å². The first-order valence-corrected chi connectivity index (χ1v) is 6.39. The summed E-state index contributed by atoms with van der Waals surface area (Å²) < 4.78 is 31.9. The number of aromatic nitrogens is 1. The van der Waals surface area contributed by atoms with Crippen LogP contribution in [-0.4, -0.2) is 4.98 Å². The lowest BCUT2D eigenvalue weighted by Gasteiger charge is -2.07. The lowest BCUT2D eigenvalue weighted by molar-refractivity contribution is 0.281. The maximum Gasteiger partial charge on any atom is 0.213 e. The molecule has 0 bridgehead atoms. The smallest absolute Gasteiger partial charge is 0.213 e. The van der Waals surface area contributed by atoms with Crippen LogP contribution < -0.4 is 4.74 Å². The fourth-order valence-corrected chi connectivity index (χ4v) is 1.72. The third kappa shape index (κ3) is 3.04. The second-order valence-corrected chi connectivity index (χ2v) is 4.19. The van der Waals surface area contributed by atoms with E-state index in [0.717, 1.165) is 5.56 Å². The quantitative estimate of drug-likeness (QED) is 0.800. The van der Waals surface area contributed by atoms with Gasteiger partial charge >= 0.3 is 0 Å². The van der Waals surface area contributed by atoms with E-state index in [1.807, 2.05) is 6.07 Å². The third-order valence-corrected chi connectivity index (χ3v) is 3.03. The van der Waals surface area contributed by atoms with Crippen LogP contribution in [0.2, 0.25) is 0 Å². The van der Waals surface area contributed by atoms with E-state index in [-0.39, 0.29) is 12.2 Å². The molecular formula is C13H10BrF2NO. The van der Waals surface area contributed by atoms with E-state index < -0.39 is 11.6 Å². The molecule has 1 aromatic carbocycles. The number of halogens is 3. The molecule has 0 radical (unpaired) electrons. The molecule has 0 atom stereocenters. The molecule has 0 spiro atoms. The molecule has 0 aliphatic carbocycles. The summed E-state index contributed by atoms with van der Waals surface area (Å²) in [5.74, 6) is -0.901. The zero-order chi connectivity index (χ0) is 13.0. The minimum absolute atomic E-state index is 0.0936. The molecule has 0 unspecified atom stereocenters. The molecule has 1 heterocycles. The van der Waals surface area contributed by atoms with Crippen molar-refractivity contribution in [1.29, 1.82) is 0 Å². The summed E-state index contributed by atoms with van der Waals surface area (Å²) in [4.78, 5) is 4.03. The van der Waals surface area contributed by atoms with Gasteiger partial charge in [-0.3, -0.25) is 0 Å². The van der Waals surface area contributed by atoms with Gasteiger partial charge in [-0.15, -0.1) is 0 Å². The summed E-state index contributed by atoms with van der Waals surface area (Å²) in [5.41, 5.74) is 0.906. The Morgan fingerprint density at radius 2 is 1.83 bits per heavy atom. The second-order valence-electron chi connectivity index (χ2n) is 3.63. The van der Waals surface area contributed by atoms with Crippen LogP contribution in [0.5, 0.6) is 5.88 Å². The molecular weight excluding hydrogens is 304 g/mol. The van der Waals surface area contributed by atoms with E-state index in [0.29, 0.717) is 11.2 Å². The number of benzene rings is 1.